The Balaban J connectivity index is 1.64. The Hall–Kier alpha value is -3.37. The van der Waals surface area contributed by atoms with Crippen LogP contribution in [0.3, 0.4) is 0 Å². The van der Waals surface area contributed by atoms with Crippen molar-refractivity contribution in [2.75, 3.05) is 18.9 Å². The number of aromatic nitrogens is 3. The van der Waals surface area contributed by atoms with Crippen LogP contribution in [0.25, 0.3) is 21.8 Å². The van der Waals surface area contributed by atoms with Crippen molar-refractivity contribution in [2.45, 2.75) is 11.3 Å². The smallest absolute Gasteiger partial charge is 0.328 e. The first-order chi connectivity index (χ1) is 14.3. The normalized spacial score (nSPS) is 11.9. The van der Waals surface area contributed by atoms with Crippen LogP contribution in [-0.2, 0) is 23.5 Å². The zero-order valence-electron chi connectivity index (χ0n) is 16.4. The summed E-state index contributed by atoms with van der Waals surface area (Å²) in [4.78, 5) is 29.4. The number of hydrogen-bond acceptors (Lipinski definition) is 5. The molecule has 0 unspecified atom stereocenters. The van der Waals surface area contributed by atoms with E-state index in [-0.39, 0.29) is 16.8 Å². The summed E-state index contributed by atoms with van der Waals surface area (Å²) in [5, 5.41) is 4.01. The molecule has 0 saturated heterocycles. The van der Waals surface area contributed by atoms with Gasteiger partial charge in [-0.05, 0) is 29.7 Å². The molecule has 0 amide bonds. The molecule has 0 aliphatic rings. The van der Waals surface area contributed by atoms with E-state index in [1.54, 1.807) is 7.05 Å². The van der Waals surface area contributed by atoms with E-state index < -0.39 is 21.3 Å². The van der Waals surface area contributed by atoms with Gasteiger partial charge in [0.15, 0.2) is 0 Å². The summed E-state index contributed by atoms with van der Waals surface area (Å²) in [6, 6.07) is 12.6. The Labute approximate surface area is 171 Å². The highest BCUT2D eigenvalue weighted by Gasteiger charge is 2.21. The van der Waals surface area contributed by atoms with E-state index in [9.17, 15) is 18.0 Å². The molecular formula is C20H21N5O4S. The maximum Gasteiger partial charge on any atom is 0.328 e. The summed E-state index contributed by atoms with van der Waals surface area (Å²) in [7, 11) is -0.815. The molecule has 156 valence electrons. The van der Waals surface area contributed by atoms with Gasteiger partial charge in [0, 0.05) is 38.3 Å². The van der Waals surface area contributed by atoms with Crippen LogP contribution >= 0.6 is 0 Å². The molecule has 10 heteroatoms. The summed E-state index contributed by atoms with van der Waals surface area (Å²) in [6.45, 7) is 0.181. The number of aryl methyl sites for hydroxylation is 1. The summed E-state index contributed by atoms with van der Waals surface area (Å²) < 4.78 is 29.7. The second kappa shape index (κ2) is 7.47. The third-order valence-corrected chi connectivity index (χ3v) is 6.56. The first-order valence-corrected chi connectivity index (χ1v) is 10.8. The van der Waals surface area contributed by atoms with Crippen molar-refractivity contribution in [3.63, 3.8) is 0 Å². The molecule has 4 aromatic rings. The third-order valence-electron chi connectivity index (χ3n) is 5.06. The second-order valence-electron chi connectivity index (χ2n) is 6.96. The van der Waals surface area contributed by atoms with Crippen molar-refractivity contribution >= 4 is 37.5 Å². The standard InChI is InChI=1S/C20H21N5O4S/c1-21-16-11-17-14(19(26)24-20(27)25(17)2)10-18(16)30(28,29)22-8-7-13-9-12-5-3-4-6-15(12)23-13/h3-6,9-11,21-23H,7-8H2,1-2H3,(H,24,26,27). The number of nitrogens with one attached hydrogen (secondary N) is 4. The largest absolute Gasteiger partial charge is 0.387 e. The lowest BCUT2D eigenvalue weighted by molar-refractivity contribution is 0.582. The number of sulfonamides is 1. The minimum absolute atomic E-state index is 0.0571. The van der Waals surface area contributed by atoms with Crippen LogP contribution in [-0.4, -0.2) is 36.5 Å². The number of H-pyrrole nitrogens is 2. The molecule has 2 heterocycles. The first-order valence-electron chi connectivity index (χ1n) is 9.31. The molecule has 9 nitrogen and oxygen atoms in total. The SMILES string of the molecule is CNc1cc2c(cc1S(=O)(=O)NCCc1cc3ccccc3[nH]1)c(=O)[nH]c(=O)n2C. The van der Waals surface area contributed by atoms with Gasteiger partial charge in [0.2, 0.25) is 10.0 Å². The highest BCUT2D eigenvalue weighted by atomic mass is 32.2. The lowest BCUT2D eigenvalue weighted by atomic mass is 10.2. The van der Waals surface area contributed by atoms with Gasteiger partial charge in [0.25, 0.3) is 5.56 Å². The van der Waals surface area contributed by atoms with Crippen LogP contribution in [0.5, 0.6) is 0 Å². The average molecular weight is 427 g/mol. The summed E-state index contributed by atoms with van der Waals surface area (Å²) in [5.41, 5.74) is 1.34. The van der Waals surface area contributed by atoms with Gasteiger partial charge in [-0.25, -0.2) is 17.9 Å². The Kier molecular flexibility index (Phi) is 4.96. The Morgan fingerprint density at radius 2 is 1.83 bits per heavy atom. The predicted molar refractivity (Wildman–Crippen MR) is 117 cm³/mol. The molecule has 0 aliphatic heterocycles. The van der Waals surface area contributed by atoms with Crippen LogP contribution in [0.1, 0.15) is 5.69 Å². The molecule has 0 spiro atoms. The number of hydrogen-bond donors (Lipinski definition) is 4. The van der Waals surface area contributed by atoms with Crippen molar-refractivity contribution in [3.05, 3.63) is 69.0 Å². The minimum Gasteiger partial charge on any atom is -0.387 e. The lowest BCUT2D eigenvalue weighted by Crippen LogP contribution is -2.30. The molecular weight excluding hydrogens is 406 g/mol. The Morgan fingerprint density at radius 3 is 2.57 bits per heavy atom. The average Bonchev–Trinajstić information content (AvgIpc) is 3.13. The summed E-state index contributed by atoms with van der Waals surface area (Å²) in [5.74, 6) is 0. The molecule has 4 N–H and O–H groups in total. The third kappa shape index (κ3) is 3.51. The topological polar surface area (TPSA) is 129 Å². The number of nitrogens with zero attached hydrogens (tertiary/aromatic N) is 1. The van der Waals surface area contributed by atoms with Gasteiger partial charge >= 0.3 is 5.69 Å². The van der Waals surface area contributed by atoms with E-state index in [0.717, 1.165) is 16.6 Å². The van der Waals surface area contributed by atoms with E-state index in [0.29, 0.717) is 17.6 Å². The fourth-order valence-corrected chi connectivity index (χ4v) is 4.72. The monoisotopic (exact) mass is 427 g/mol. The number of aromatic amines is 2. The maximum absolute atomic E-state index is 12.9. The fourth-order valence-electron chi connectivity index (χ4n) is 3.47. The van der Waals surface area contributed by atoms with Crippen molar-refractivity contribution in [2.24, 2.45) is 7.05 Å². The highest BCUT2D eigenvalue weighted by Crippen LogP contribution is 2.25. The number of para-hydroxylation sites is 1. The number of rotatable bonds is 6. The summed E-state index contributed by atoms with van der Waals surface area (Å²) in [6.07, 6.45) is 0.478. The number of benzene rings is 2. The van der Waals surface area contributed by atoms with Gasteiger partial charge in [-0.3, -0.25) is 14.3 Å². The maximum atomic E-state index is 12.9. The van der Waals surface area contributed by atoms with Crippen molar-refractivity contribution in [3.8, 4) is 0 Å². The minimum atomic E-state index is -3.90. The van der Waals surface area contributed by atoms with E-state index in [1.807, 2.05) is 30.3 Å². The number of fused-ring (bicyclic) bond motifs is 2. The molecule has 30 heavy (non-hydrogen) atoms. The molecule has 2 aromatic carbocycles. The zero-order valence-corrected chi connectivity index (χ0v) is 17.3. The van der Waals surface area contributed by atoms with E-state index in [1.165, 1.54) is 23.7 Å². The van der Waals surface area contributed by atoms with E-state index >= 15 is 0 Å². The van der Waals surface area contributed by atoms with Gasteiger partial charge in [0.1, 0.15) is 4.90 Å². The molecule has 0 aliphatic carbocycles. The van der Waals surface area contributed by atoms with E-state index in [4.69, 9.17) is 0 Å². The zero-order chi connectivity index (χ0) is 21.5. The quantitative estimate of drug-likeness (QED) is 0.368. The number of anilines is 1. The van der Waals surface area contributed by atoms with Gasteiger partial charge in [-0.15, -0.1) is 0 Å². The predicted octanol–water partition coefficient (Wildman–Crippen LogP) is 1.27. The second-order valence-corrected chi connectivity index (χ2v) is 8.70. The van der Waals surface area contributed by atoms with Gasteiger partial charge in [-0.2, -0.15) is 0 Å². The van der Waals surface area contributed by atoms with Crippen molar-refractivity contribution < 1.29 is 8.42 Å². The van der Waals surface area contributed by atoms with Crippen LogP contribution < -0.4 is 21.3 Å². The highest BCUT2D eigenvalue weighted by molar-refractivity contribution is 7.89. The van der Waals surface area contributed by atoms with Crippen molar-refractivity contribution in [1.82, 2.24) is 19.3 Å². The lowest BCUT2D eigenvalue weighted by Gasteiger charge is -2.13. The van der Waals surface area contributed by atoms with Gasteiger partial charge in [0.05, 0.1) is 16.6 Å². The summed E-state index contributed by atoms with van der Waals surface area (Å²) >= 11 is 0. The van der Waals surface area contributed by atoms with Gasteiger partial charge < -0.3 is 10.3 Å². The molecule has 2 aromatic heterocycles. The molecule has 0 fully saturated rings. The van der Waals surface area contributed by atoms with Gasteiger partial charge in [-0.1, -0.05) is 18.2 Å². The van der Waals surface area contributed by atoms with Crippen LogP contribution in [0, 0.1) is 0 Å². The Bertz CT molecular complexity index is 1450. The van der Waals surface area contributed by atoms with E-state index in [2.05, 4.69) is 20.0 Å². The molecule has 0 atom stereocenters. The van der Waals surface area contributed by atoms with Crippen LogP contribution in [0.2, 0.25) is 0 Å². The van der Waals surface area contributed by atoms with Crippen LogP contribution in [0.4, 0.5) is 5.69 Å². The van der Waals surface area contributed by atoms with Crippen LogP contribution in [0.15, 0.2) is 56.9 Å². The molecule has 0 bridgehead atoms. The molecule has 0 saturated carbocycles. The molecule has 4 rings (SSSR count). The van der Waals surface area contributed by atoms with Crippen molar-refractivity contribution in [1.29, 1.82) is 0 Å². The molecule has 0 radical (unpaired) electrons. The Morgan fingerprint density at radius 1 is 1.07 bits per heavy atom. The first kappa shape index (κ1) is 19.9. The fraction of sp³-hybridized carbons (Fsp3) is 0.200.